The first-order valence-electron chi connectivity index (χ1n) is 5.38. The predicted molar refractivity (Wildman–Crippen MR) is 65.8 cm³/mol. The number of benzene rings is 1. The van der Waals surface area contributed by atoms with Gasteiger partial charge in [0, 0.05) is 17.8 Å². The van der Waals surface area contributed by atoms with Crippen molar-refractivity contribution >= 4 is 16.9 Å². The van der Waals surface area contributed by atoms with E-state index in [1.165, 1.54) is 6.20 Å². The van der Waals surface area contributed by atoms with Gasteiger partial charge in [0.25, 0.3) is 0 Å². The van der Waals surface area contributed by atoms with Gasteiger partial charge in [-0.3, -0.25) is 4.98 Å². The highest BCUT2D eigenvalue weighted by Gasteiger charge is 2.13. The van der Waals surface area contributed by atoms with Gasteiger partial charge >= 0.3 is 5.97 Å². The fourth-order valence-electron chi connectivity index (χ4n) is 1.90. The van der Waals surface area contributed by atoms with Crippen LogP contribution in [-0.2, 0) is 0 Å². The van der Waals surface area contributed by atoms with E-state index in [2.05, 4.69) is 10.1 Å². The number of nitrogens with zero attached hydrogens (tertiary/aromatic N) is 3. The lowest BCUT2D eigenvalue weighted by atomic mass is 10.2. The molecule has 0 aliphatic heterocycles. The number of pyridine rings is 1. The zero-order valence-electron chi connectivity index (χ0n) is 9.32. The van der Waals surface area contributed by atoms with Crippen LogP contribution in [0.4, 0.5) is 0 Å². The van der Waals surface area contributed by atoms with Crippen LogP contribution in [0.25, 0.3) is 16.6 Å². The van der Waals surface area contributed by atoms with E-state index in [0.29, 0.717) is 5.69 Å². The third-order valence-electron chi connectivity index (χ3n) is 2.73. The molecule has 5 nitrogen and oxygen atoms in total. The topological polar surface area (TPSA) is 68.0 Å². The molecule has 0 saturated heterocycles. The second-order valence-electron chi connectivity index (χ2n) is 3.81. The van der Waals surface area contributed by atoms with Crippen LogP contribution in [0, 0.1) is 0 Å². The van der Waals surface area contributed by atoms with Gasteiger partial charge in [-0.05, 0) is 12.1 Å². The van der Waals surface area contributed by atoms with Crippen molar-refractivity contribution in [3.8, 4) is 5.69 Å². The number of carboxylic acids is 1. The number of para-hydroxylation sites is 1. The zero-order valence-corrected chi connectivity index (χ0v) is 9.32. The minimum Gasteiger partial charge on any atom is -0.478 e. The van der Waals surface area contributed by atoms with Gasteiger partial charge in [0.05, 0.1) is 17.4 Å². The van der Waals surface area contributed by atoms with Crippen molar-refractivity contribution in [2.45, 2.75) is 0 Å². The molecule has 0 aliphatic rings. The lowest BCUT2D eigenvalue weighted by Crippen LogP contribution is -2.06. The van der Waals surface area contributed by atoms with Crippen LogP contribution < -0.4 is 0 Å². The Balaban J connectivity index is 2.30. The third-order valence-corrected chi connectivity index (χ3v) is 2.73. The first-order valence-corrected chi connectivity index (χ1v) is 5.38. The molecule has 0 fully saturated rings. The van der Waals surface area contributed by atoms with Gasteiger partial charge in [0.15, 0.2) is 0 Å². The molecular formula is C13H9N3O2. The average Bonchev–Trinajstić information content (AvgIpc) is 2.82. The molecule has 2 aromatic heterocycles. The Morgan fingerprint density at radius 3 is 2.83 bits per heavy atom. The summed E-state index contributed by atoms with van der Waals surface area (Å²) >= 11 is 0. The number of aromatic nitrogens is 3. The van der Waals surface area contributed by atoms with Crippen molar-refractivity contribution in [2.24, 2.45) is 0 Å². The molecule has 0 atom stereocenters. The maximum Gasteiger partial charge on any atom is 0.339 e. The number of fused-ring (bicyclic) bond motifs is 1. The summed E-state index contributed by atoms with van der Waals surface area (Å²) in [5.41, 5.74) is 1.51. The number of carbonyl (C=O) groups is 1. The molecule has 0 aliphatic carbocycles. The molecule has 0 amide bonds. The molecule has 0 spiro atoms. The summed E-state index contributed by atoms with van der Waals surface area (Å²) in [6.07, 6.45) is 4.59. The maximum atomic E-state index is 11.2. The summed E-state index contributed by atoms with van der Waals surface area (Å²) < 4.78 is 1.61. The largest absolute Gasteiger partial charge is 0.478 e. The monoisotopic (exact) mass is 239 g/mol. The van der Waals surface area contributed by atoms with Gasteiger partial charge in [-0.1, -0.05) is 18.2 Å². The molecule has 18 heavy (non-hydrogen) atoms. The highest BCUT2D eigenvalue weighted by molar-refractivity contribution is 5.92. The lowest BCUT2D eigenvalue weighted by Gasteiger charge is -2.06. The summed E-state index contributed by atoms with van der Waals surface area (Å²) in [6.45, 7) is 0. The smallest absolute Gasteiger partial charge is 0.339 e. The van der Waals surface area contributed by atoms with E-state index in [0.717, 1.165) is 10.9 Å². The standard InChI is InChI=1S/C13H9N3O2/c17-13(18)10-8-14-6-5-12(10)16-11-4-2-1-3-9(11)7-15-16/h1-8H,(H,17,18). The van der Waals surface area contributed by atoms with Crippen LogP contribution in [0.2, 0.25) is 0 Å². The third kappa shape index (κ3) is 1.53. The van der Waals surface area contributed by atoms with Crippen molar-refractivity contribution in [2.75, 3.05) is 0 Å². The van der Waals surface area contributed by atoms with E-state index in [1.54, 1.807) is 23.1 Å². The van der Waals surface area contributed by atoms with E-state index in [-0.39, 0.29) is 5.56 Å². The molecule has 0 unspecified atom stereocenters. The van der Waals surface area contributed by atoms with Crippen LogP contribution in [0.5, 0.6) is 0 Å². The minimum atomic E-state index is -1.02. The van der Waals surface area contributed by atoms with Gasteiger partial charge < -0.3 is 5.11 Å². The second kappa shape index (κ2) is 3.96. The van der Waals surface area contributed by atoms with Crippen molar-refractivity contribution in [3.05, 3.63) is 54.5 Å². The Labute approximate surface area is 102 Å². The van der Waals surface area contributed by atoms with E-state index >= 15 is 0 Å². The molecule has 0 radical (unpaired) electrons. The Bertz CT molecular complexity index is 734. The first kappa shape index (κ1) is 10.5. The number of hydrogen-bond donors (Lipinski definition) is 1. The quantitative estimate of drug-likeness (QED) is 0.743. The van der Waals surface area contributed by atoms with Crippen LogP contribution in [0.15, 0.2) is 48.9 Å². The average molecular weight is 239 g/mol. The highest BCUT2D eigenvalue weighted by Crippen LogP contribution is 2.20. The van der Waals surface area contributed by atoms with Crippen molar-refractivity contribution in [3.63, 3.8) is 0 Å². The first-order chi connectivity index (χ1) is 8.77. The van der Waals surface area contributed by atoms with Crippen LogP contribution in [0.1, 0.15) is 10.4 Å². The van der Waals surface area contributed by atoms with E-state index in [1.807, 2.05) is 24.3 Å². The Morgan fingerprint density at radius 1 is 1.17 bits per heavy atom. The molecule has 3 aromatic rings. The molecular weight excluding hydrogens is 230 g/mol. The van der Waals surface area contributed by atoms with Crippen molar-refractivity contribution < 1.29 is 9.90 Å². The lowest BCUT2D eigenvalue weighted by molar-refractivity contribution is 0.0696. The number of hydrogen-bond acceptors (Lipinski definition) is 3. The SMILES string of the molecule is O=C(O)c1cnccc1-n1ncc2ccccc21. The number of rotatable bonds is 2. The summed E-state index contributed by atoms with van der Waals surface area (Å²) in [7, 11) is 0. The molecule has 2 heterocycles. The van der Waals surface area contributed by atoms with Gasteiger partial charge in [-0.2, -0.15) is 5.10 Å². The Hall–Kier alpha value is -2.69. The van der Waals surface area contributed by atoms with Crippen molar-refractivity contribution in [1.82, 2.24) is 14.8 Å². The van der Waals surface area contributed by atoms with Crippen LogP contribution >= 0.6 is 0 Å². The Morgan fingerprint density at radius 2 is 2.00 bits per heavy atom. The zero-order chi connectivity index (χ0) is 12.5. The second-order valence-corrected chi connectivity index (χ2v) is 3.81. The summed E-state index contributed by atoms with van der Waals surface area (Å²) in [6, 6.07) is 9.28. The van der Waals surface area contributed by atoms with E-state index < -0.39 is 5.97 Å². The van der Waals surface area contributed by atoms with Crippen LogP contribution in [-0.4, -0.2) is 25.8 Å². The molecule has 1 aromatic carbocycles. The van der Waals surface area contributed by atoms with Gasteiger partial charge in [0.1, 0.15) is 5.56 Å². The van der Waals surface area contributed by atoms with Gasteiger partial charge in [-0.15, -0.1) is 0 Å². The molecule has 3 rings (SSSR count). The fourth-order valence-corrected chi connectivity index (χ4v) is 1.90. The van der Waals surface area contributed by atoms with E-state index in [9.17, 15) is 4.79 Å². The molecule has 5 heteroatoms. The van der Waals surface area contributed by atoms with Gasteiger partial charge in [0.2, 0.25) is 0 Å². The maximum absolute atomic E-state index is 11.2. The van der Waals surface area contributed by atoms with E-state index in [4.69, 9.17) is 5.11 Å². The van der Waals surface area contributed by atoms with Gasteiger partial charge in [-0.25, -0.2) is 9.48 Å². The molecule has 1 N–H and O–H groups in total. The fraction of sp³-hybridized carbons (Fsp3) is 0. The highest BCUT2D eigenvalue weighted by atomic mass is 16.4. The molecule has 0 bridgehead atoms. The minimum absolute atomic E-state index is 0.131. The molecule has 0 saturated carbocycles. The Kier molecular flexibility index (Phi) is 2.30. The van der Waals surface area contributed by atoms with Crippen LogP contribution in [0.3, 0.4) is 0 Å². The normalized spacial score (nSPS) is 10.7. The number of carboxylic acid groups (broad SMARTS) is 1. The predicted octanol–water partition coefficient (Wildman–Crippen LogP) is 2.12. The number of aromatic carboxylic acids is 1. The molecule has 88 valence electrons. The summed E-state index contributed by atoms with van der Waals surface area (Å²) in [4.78, 5) is 15.0. The van der Waals surface area contributed by atoms with Crippen molar-refractivity contribution in [1.29, 1.82) is 0 Å². The summed E-state index contributed by atoms with van der Waals surface area (Å²) in [5.74, 6) is -1.02. The summed E-state index contributed by atoms with van der Waals surface area (Å²) in [5, 5.41) is 14.4.